The van der Waals surface area contributed by atoms with Gasteiger partial charge in [0.25, 0.3) is 0 Å². The fourth-order valence-electron chi connectivity index (χ4n) is 4.65. The summed E-state index contributed by atoms with van der Waals surface area (Å²) < 4.78 is 19.0. The molecule has 176 valence electrons. The molecule has 0 bridgehead atoms. The molecule has 1 aliphatic carbocycles. The number of methoxy groups -OCH3 is 1. The van der Waals surface area contributed by atoms with E-state index in [1.54, 1.807) is 24.3 Å². The van der Waals surface area contributed by atoms with Crippen molar-refractivity contribution in [1.82, 2.24) is 15.3 Å². The summed E-state index contributed by atoms with van der Waals surface area (Å²) in [6.45, 7) is 0. The number of nitrogens with one attached hydrogen (secondary N) is 3. The molecule has 1 saturated carbocycles. The summed E-state index contributed by atoms with van der Waals surface area (Å²) in [5.74, 6) is 0.226. The molecule has 34 heavy (non-hydrogen) atoms. The number of fused-ring (bicyclic) bond motifs is 1. The quantitative estimate of drug-likeness (QED) is 0.394. The molecule has 5 rings (SSSR count). The molecule has 1 aliphatic heterocycles. The van der Waals surface area contributed by atoms with E-state index in [2.05, 4.69) is 25.9 Å². The number of ether oxygens (including phenoxy) is 1. The minimum Gasteiger partial charge on any atom is -0.494 e. The topological polar surface area (TPSA) is 88.2 Å². The van der Waals surface area contributed by atoms with Crippen LogP contribution < -0.4 is 20.7 Å². The zero-order valence-corrected chi connectivity index (χ0v) is 19.5. The molecule has 2 aromatic carbocycles. The lowest BCUT2D eigenvalue weighted by Crippen LogP contribution is -2.66. The van der Waals surface area contributed by atoms with E-state index in [9.17, 15) is 9.18 Å². The molecule has 1 unspecified atom stereocenters. The molecule has 1 amide bonds. The summed E-state index contributed by atoms with van der Waals surface area (Å²) in [5, 5.41) is 10.3. The second-order valence-corrected chi connectivity index (χ2v) is 9.26. The van der Waals surface area contributed by atoms with Crippen molar-refractivity contribution in [1.29, 1.82) is 0 Å². The van der Waals surface area contributed by atoms with E-state index < -0.39 is 5.82 Å². The molecular formula is C25H25ClFN5O2. The third-order valence-electron chi connectivity index (χ3n) is 6.54. The predicted molar refractivity (Wildman–Crippen MR) is 131 cm³/mol. The highest BCUT2D eigenvalue weighted by Crippen LogP contribution is 2.43. The van der Waals surface area contributed by atoms with Crippen molar-refractivity contribution in [2.75, 3.05) is 17.7 Å². The SMILES string of the molecule is COc1cc2ncnc(Nc3ccc(F)c(Cl)c3)c2cc1NC(=O)C=CCC1CC2(CCC2)N1. The predicted octanol–water partition coefficient (Wildman–Crippen LogP) is 5.34. The Morgan fingerprint density at radius 3 is 2.85 bits per heavy atom. The number of anilines is 3. The van der Waals surface area contributed by atoms with Crippen LogP contribution in [-0.4, -0.2) is 34.6 Å². The van der Waals surface area contributed by atoms with Gasteiger partial charge >= 0.3 is 0 Å². The molecule has 1 saturated heterocycles. The van der Waals surface area contributed by atoms with E-state index in [1.165, 1.54) is 51.3 Å². The second-order valence-electron chi connectivity index (χ2n) is 8.85. The maximum absolute atomic E-state index is 13.5. The standard InChI is InChI=1S/C25H25ClFN5O2/c1-34-22-12-20-17(24(29-14-28-20)30-15-6-7-19(27)18(26)10-15)11-21(22)31-23(33)5-2-4-16-13-25(32-16)8-3-9-25/h2,5-7,10-12,14,16,32H,3-4,8-9,13H2,1H3,(H,31,33)(H,28,29,30). The fraction of sp³-hybridized carbons (Fsp3) is 0.320. The third kappa shape index (κ3) is 4.56. The third-order valence-corrected chi connectivity index (χ3v) is 6.83. The maximum Gasteiger partial charge on any atom is 0.248 e. The smallest absolute Gasteiger partial charge is 0.248 e. The lowest BCUT2D eigenvalue weighted by Gasteiger charge is -2.55. The van der Waals surface area contributed by atoms with E-state index in [4.69, 9.17) is 16.3 Å². The Hall–Kier alpha value is -3.23. The van der Waals surface area contributed by atoms with Crippen LogP contribution in [0.15, 0.2) is 48.8 Å². The number of aromatic nitrogens is 2. The van der Waals surface area contributed by atoms with E-state index in [-0.39, 0.29) is 10.9 Å². The van der Waals surface area contributed by atoms with Crippen molar-refractivity contribution in [3.63, 3.8) is 0 Å². The van der Waals surface area contributed by atoms with Gasteiger partial charge in [0.15, 0.2) is 0 Å². The monoisotopic (exact) mass is 481 g/mol. The molecule has 2 fully saturated rings. The number of hydrogen-bond acceptors (Lipinski definition) is 6. The first-order valence-corrected chi connectivity index (χ1v) is 11.6. The zero-order valence-electron chi connectivity index (χ0n) is 18.7. The normalized spacial score (nSPS) is 18.5. The van der Waals surface area contributed by atoms with Crippen LogP contribution in [0.5, 0.6) is 5.75 Å². The fourth-order valence-corrected chi connectivity index (χ4v) is 4.83. The van der Waals surface area contributed by atoms with Crippen LogP contribution >= 0.6 is 11.6 Å². The number of rotatable bonds is 7. The van der Waals surface area contributed by atoms with Crippen LogP contribution in [0.1, 0.15) is 32.1 Å². The van der Waals surface area contributed by atoms with E-state index in [0.29, 0.717) is 45.4 Å². The van der Waals surface area contributed by atoms with Gasteiger partial charge in [-0.15, -0.1) is 0 Å². The highest BCUT2D eigenvalue weighted by Gasteiger charge is 2.46. The Kier molecular flexibility index (Phi) is 6.10. The van der Waals surface area contributed by atoms with Gasteiger partial charge in [-0.25, -0.2) is 14.4 Å². The molecule has 2 aliphatic rings. The van der Waals surface area contributed by atoms with E-state index in [1.807, 2.05) is 6.08 Å². The van der Waals surface area contributed by atoms with E-state index >= 15 is 0 Å². The molecule has 1 spiro atoms. The van der Waals surface area contributed by atoms with Gasteiger partial charge in [-0.2, -0.15) is 0 Å². The minimum absolute atomic E-state index is 0.00438. The Balaban J connectivity index is 1.31. The molecule has 0 radical (unpaired) electrons. The number of carbonyl (C=O) groups is 1. The Morgan fingerprint density at radius 1 is 1.32 bits per heavy atom. The van der Waals surface area contributed by atoms with Crippen molar-refractivity contribution in [2.45, 2.75) is 43.7 Å². The lowest BCUT2D eigenvalue weighted by atomic mass is 9.66. The van der Waals surface area contributed by atoms with Gasteiger partial charge in [-0.3, -0.25) is 4.79 Å². The van der Waals surface area contributed by atoms with Gasteiger partial charge in [0.1, 0.15) is 23.7 Å². The molecule has 1 atom stereocenters. The highest BCUT2D eigenvalue weighted by molar-refractivity contribution is 6.31. The first-order chi connectivity index (χ1) is 16.4. The lowest BCUT2D eigenvalue weighted by molar-refractivity contribution is -0.111. The van der Waals surface area contributed by atoms with Gasteiger partial charge in [-0.05, 0) is 62.4 Å². The average Bonchev–Trinajstić information content (AvgIpc) is 2.76. The molecule has 3 aromatic rings. The Morgan fingerprint density at radius 2 is 2.15 bits per heavy atom. The highest BCUT2D eigenvalue weighted by atomic mass is 35.5. The molecule has 1 aromatic heterocycles. The van der Waals surface area contributed by atoms with Crippen molar-refractivity contribution < 1.29 is 13.9 Å². The summed E-state index contributed by atoms with van der Waals surface area (Å²) in [4.78, 5) is 21.2. The zero-order chi connectivity index (χ0) is 23.7. The molecular weight excluding hydrogens is 457 g/mol. The number of hydrogen-bond donors (Lipinski definition) is 3. The summed E-state index contributed by atoms with van der Waals surface area (Å²) in [5.41, 5.74) is 2.09. The van der Waals surface area contributed by atoms with Gasteiger partial charge in [-0.1, -0.05) is 17.7 Å². The van der Waals surface area contributed by atoms with Gasteiger partial charge < -0.3 is 20.7 Å². The van der Waals surface area contributed by atoms with Crippen LogP contribution in [0.4, 0.5) is 21.6 Å². The largest absolute Gasteiger partial charge is 0.494 e. The van der Waals surface area contributed by atoms with Crippen LogP contribution in [0.3, 0.4) is 0 Å². The van der Waals surface area contributed by atoms with Crippen LogP contribution in [0, 0.1) is 5.82 Å². The molecule has 3 N–H and O–H groups in total. The number of amides is 1. The molecule has 9 heteroatoms. The number of carbonyl (C=O) groups excluding carboxylic acids is 1. The van der Waals surface area contributed by atoms with Crippen molar-refractivity contribution in [3.05, 3.63) is 59.7 Å². The summed E-state index contributed by atoms with van der Waals surface area (Å²) >= 11 is 5.90. The summed E-state index contributed by atoms with van der Waals surface area (Å²) in [7, 11) is 1.53. The number of nitrogens with zero attached hydrogens (tertiary/aromatic N) is 2. The maximum atomic E-state index is 13.5. The Labute approximate surface area is 201 Å². The minimum atomic E-state index is -0.502. The van der Waals surface area contributed by atoms with Gasteiger partial charge in [0.05, 0.1) is 23.3 Å². The summed E-state index contributed by atoms with van der Waals surface area (Å²) in [6, 6.07) is 8.25. The first kappa shape index (κ1) is 22.6. The summed E-state index contributed by atoms with van der Waals surface area (Å²) in [6.07, 6.45) is 10.7. The van der Waals surface area contributed by atoms with Crippen LogP contribution in [-0.2, 0) is 4.79 Å². The van der Waals surface area contributed by atoms with Crippen LogP contribution in [0.25, 0.3) is 10.9 Å². The number of benzene rings is 2. The molecule has 2 heterocycles. The Bertz CT molecular complexity index is 1270. The van der Waals surface area contributed by atoms with Crippen LogP contribution in [0.2, 0.25) is 5.02 Å². The van der Waals surface area contributed by atoms with E-state index in [0.717, 1.165) is 6.42 Å². The van der Waals surface area contributed by atoms with Gasteiger partial charge in [0, 0.05) is 28.7 Å². The molecule has 7 nitrogen and oxygen atoms in total. The first-order valence-electron chi connectivity index (χ1n) is 11.2. The average molecular weight is 482 g/mol. The van der Waals surface area contributed by atoms with Gasteiger partial charge in [0.2, 0.25) is 5.91 Å². The van der Waals surface area contributed by atoms with Crippen molar-refractivity contribution >= 4 is 45.6 Å². The van der Waals surface area contributed by atoms with Crippen molar-refractivity contribution in [3.8, 4) is 5.75 Å². The number of halogens is 2. The van der Waals surface area contributed by atoms with Crippen molar-refractivity contribution in [2.24, 2.45) is 0 Å². The second kappa shape index (κ2) is 9.19.